The number of alkyl halides is 3. The number of aryl methyl sites for hydroxylation is 1. The Morgan fingerprint density at radius 3 is 2.71 bits per heavy atom. The molecule has 0 bridgehead atoms. The number of nitrogens with one attached hydrogen (secondary N) is 1. The average Bonchev–Trinajstić information content (AvgIpc) is 3.15. The lowest BCUT2D eigenvalue weighted by Crippen LogP contribution is -2.29. The van der Waals surface area contributed by atoms with Gasteiger partial charge in [-0.2, -0.15) is 23.1 Å². The van der Waals surface area contributed by atoms with E-state index in [0.29, 0.717) is 31.7 Å². The van der Waals surface area contributed by atoms with Crippen molar-refractivity contribution in [3.05, 3.63) is 17.6 Å². The van der Waals surface area contributed by atoms with Gasteiger partial charge in [0.25, 0.3) is 11.6 Å². The Bertz CT molecular complexity index is 783. The zero-order valence-electron chi connectivity index (χ0n) is 13.1. The molecule has 0 saturated heterocycles. The summed E-state index contributed by atoms with van der Waals surface area (Å²) in [5.74, 6) is -1.58. The molecule has 24 heavy (non-hydrogen) atoms. The average molecular weight is 343 g/mol. The quantitative estimate of drug-likeness (QED) is 0.900. The van der Waals surface area contributed by atoms with Crippen LogP contribution in [0.3, 0.4) is 0 Å². The van der Waals surface area contributed by atoms with Crippen LogP contribution in [0.5, 0.6) is 0 Å². The van der Waals surface area contributed by atoms with Gasteiger partial charge < -0.3 is 10.1 Å². The highest BCUT2D eigenvalue weighted by Gasteiger charge is 2.50. The van der Waals surface area contributed by atoms with Crippen LogP contribution in [0.1, 0.15) is 31.3 Å². The smallest absolute Gasteiger partial charge is 0.381 e. The monoisotopic (exact) mass is 343 g/mol. The summed E-state index contributed by atoms with van der Waals surface area (Å²) >= 11 is 0. The van der Waals surface area contributed by atoms with E-state index in [1.54, 1.807) is 6.92 Å². The summed E-state index contributed by atoms with van der Waals surface area (Å²) in [7, 11) is 0. The van der Waals surface area contributed by atoms with E-state index >= 15 is 0 Å². The van der Waals surface area contributed by atoms with Gasteiger partial charge in [0.05, 0.1) is 12.0 Å². The Labute approximate surface area is 135 Å². The van der Waals surface area contributed by atoms with E-state index in [4.69, 9.17) is 4.74 Å². The number of anilines is 1. The number of nitrogens with zero attached hydrogens (tertiary/aromatic N) is 4. The summed E-state index contributed by atoms with van der Waals surface area (Å²) in [5.41, 5.74) is -0.185. The first-order chi connectivity index (χ1) is 11.2. The molecule has 0 radical (unpaired) electrons. The van der Waals surface area contributed by atoms with Crippen LogP contribution in [0, 0.1) is 12.3 Å². The number of fused-ring (bicyclic) bond motifs is 1. The third-order valence-corrected chi connectivity index (χ3v) is 3.90. The van der Waals surface area contributed by atoms with Crippen molar-refractivity contribution in [3.8, 4) is 0 Å². The zero-order valence-corrected chi connectivity index (χ0v) is 13.1. The topological polar surface area (TPSA) is 81.4 Å². The molecule has 1 fully saturated rings. The van der Waals surface area contributed by atoms with Gasteiger partial charge in [0.1, 0.15) is 5.82 Å². The molecule has 0 atom stereocenters. The highest BCUT2D eigenvalue weighted by molar-refractivity contribution is 5.96. The molecule has 1 aliphatic rings. The molecule has 0 aromatic carbocycles. The standard InChI is InChI=1S/C14H16F3N5O2/c1-3-24-7-13(4-5-13)11(23)18-9-6-8(2)22-12(19-9)20-10(21-22)14(15,16)17/h6H,3-5,7H2,1-2H3,(H,18,19,20,21,23). The van der Waals surface area contributed by atoms with Crippen LogP contribution in [-0.2, 0) is 15.7 Å². The van der Waals surface area contributed by atoms with Crippen LogP contribution in [0.2, 0.25) is 0 Å². The third-order valence-electron chi connectivity index (χ3n) is 3.90. The van der Waals surface area contributed by atoms with Gasteiger partial charge in [0, 0.05) is 18.4 Å². The Morgan fingerprint density at radius 2 is 2.12 bits per heavy atom. The van der Waals surface area contributed by atoms with Gasteiger partial charge in [-0.05, 0) is 26.7 Å². The molecule has 0 unspecified atom stereocenters. The number of hydrogen-bond acceptors (Lipinski definition) is 5. The second-order valence-corrected chi connectivity index (χ2v) is 5.80. The van der Waals surface area contributed by atoms with E-state index in [1.165, 1.54) is 6.07 Å². The molecule has 2 heterocycles. The minimum Gasteiger partial charge on any atom is -0.381 e. The van der Waals surface area contributed by atoms with Crippen molar-refractivity contribution in [3.63, 3.8) is 0 Å². The number of carbonyl (C=O) groups excluding carboxylic acids is 1. The number of halogens is 3. The van der Waals surface area contributed by atoms with Crippen LogP contribution in [0.4, 0.5) is 19.0 Å². The minimum absolute atomic E-state index is 0.147. The van der Waals surface area contributed by atoms with Gasteiger partial charge in [0.15, 0.2) is 0 Å². The molecule has 2 aromatic heterocycles. The van der Waals surface area contributed by atoms with Crippen LogP contribution < -0.4 is 5.32 Å². The van der Waals surface area contributed by atoms with Crippen molar-refractivity contribution in [1.29, 1.82) is 0 Å². The first-order valence-electron chi connectivity index (χ1n) is 7.46. The summed E-state index contributed by atoms with van der Waals surface area (Å²) in [6.07, 6.45) is -3.23. The molecule has 0 aliphatic heterocycles. The highest BCUT2D eigenvalue weighted by atomic mass is 19.4. The Morgan fingerprint density at radius 1 is 1.42 bits per heavy atom. The van der Waals surface area contributed by atoms with Gasteiger partial charge in [-0.15, -0.1) is 5.10 Å². The predicted molar refractivity (Wildman–Crippen MR) is 77.3 cm³/mol. The van der Waals surface area contributed by atoms with Crippen molar-refractivity contribution in [2.45, 2.75) is 32.9 Å². The number of amides is 1. The van der Waals surface area contributed by atoms with Gasteiger partial charge >= 0.3 is 6.18 Å². The Kier molecular flexibility index (Phi) is 3.94. The van der Waals surface area contributed by atoms with E-state index in [2.05, 4.69) is 20.4 Å². The summed E-state index contributed by atoms with van der Waals surface area (Å²) in [6.45, 7) is 4.24. The molecule has 1 aliphatic carbocycles. The molecular weight excluding hydrogens is 327 g/mol. The van der Waals surface area contributed by atoms with Crippen LogP contribution in [0.15, 0.2) is 6.07 Å². The fourth-order valence-electron chi connectivity index (χ4n) is 2.33. The fraction of sp³-hybridized carbons (Fsp3) is 0.571. The fourth-order valence-corrected chi connectivity index (χ4v) is 2.33. The van der Waals surface area contributed by atoms with Crippen LogP contribution >= 0.6 is 0 Å². The van der Waals surface area contributed by atoms with Crippen molar-refractivity contribution < 1.29 is 22.7 Å². The number of carbonyl (C=O) groups is 1. The highest BCUT2D eigenvalue weighted by Crippen LogP contribution is 2.46. The van der Waals surface area contributed by atoms with E-state index in [-0.39, 0.29) is 17.5 Å². The van der Waals surface area contributed by atoms with Gasteiger partial charge in [0.2, 0.25) is 5.91 Å². The Hall–Kier alpha value is -2.23. The maximum absolute atomic E-state index is 12.7. The number of ether oxygens (including phenoxy) is 1. The molecule has 1 N–H and O–H groups in total. The number of aromatic nitrogens is 4. The van der Waals surface area contributed by atoms with E-state index < -0.39 is 17.4 Å². The second-order valence-electron chi connectivity index (χ2n) is 5.80. The molecule has 130 valence electrons. The number of hydrogen-bond donors (Lipinski definition) is 1. The lowest BCUT2D eigenvalue weighted by atomic mass is 10.1. The minimum atomic E-state index is -4.65. The maximum Gasteiger partial charge on any atom is 0.453 e. The lowest BCUT2D eigenvalue weighted by molar-refractivity contribution is -0.144. The first kappa shape index (κ1) is 16.6. The molecular formula is C14H16F3N5O2. The molecule has 3 rings (SSSR count). The molecule has 1 amide bonds. The summed E-state index contributed by atoms with van der Waals surface area (Å²) in [4.78, 5) is 19.7. The number of rotatable bonds is 5. The van der Waals surface area contributed by atoms with E-state index in [9.17, 15) is 18.0 Å². The lowest BCUT2D eigenvalue weighted by Gasteiger charge is -2.14. The van der Waals surface area contributed by atoms with Gasteiger partial charge in [-0.3, -0.25) is 4.79 Å². The first-order valence-corrected chi connectivity index (χ1v) is 7.46. The van der Waals surface area contributed by atoms with Crippen molar-refractivity contribution in [2.24, 2.45) is 5.41 Å². The van der Waals surface area contributed by atoms with Crippen molar-refractivity contribution >= 4 is 17.5 Å². The molecule has 0 spiro atoms. The van der Waals surface area contributed by atoms with Crippen LogP contribution in [-0.4, -0.2) is 38.7 Å². The largest absolute Gasteiger partial charge is 0.453 e. The van der Waals surface area contributed by atoms with E-state index in [0.717, 1.165) is 4.52 Å². The molecule has 1 saturated carbocycles. The summed E-state index contributed by atoms with van der Waals surface area (Å²) in [6, 6.07) is 1.45. The normalized spacial score (nSPS) is 16.4. The summed E-state index contributed by atoms with van der Waals surface area (Å²) in [5, 5.41) is 6.03. The third kappa shape index (κ3) is 3.05. The van der Waals surface area contributed by atoms with Gasteiger partial charge in [-0.25, -0.2) is 4.52 Å². The predicted octanol–water partition coefficient (Wildman–Crippen LogP) is 2.21. The van der Waals surface area contributed by atoms with Crippen LogP contribution in [0.25, 0.3) is 5.78 Å². The molecule has 2 aromatic rings. The molecule has 7 nitrogen and oxygen atoms in total. The maximum atomic E-state index is 12.7. The van der Waals surface area contributed by atoms with Gasteiger partial charge in [-0.1, -0.05) is 0 Å². The SMILES string of the molecule is CCOCC1(C(=O)Nc2cc(C)n3nc(C(F)(F)F)nc3n2)CC1. The molecule has 10 heteroatoms. The second kappa shape index (κ2) is 5.69. The van der Waals surface area contributed by atoms with Crippen molar-refractivity contribution in [2.75, 3.05) is 18.5 Å². The Balaban J connectivity index is 1.84. The zero-order chi connectivity index (χ0) is 17.5. The van der Waals surface area contributed by atoms with E-state index in [1.807, 2.05) is 6.92 Å². The van der Waals surface area contributed by atoms with Crippen molar-refractivity contribution in [1.82, 2.24) is 19.6 Å². The summed E-state index contributed by atoms with van der Waals surface area (Å²) < 4.78 is 44.4.